The number of benzene rings is 2. The summed E-state index contributed by atoms with van der Waals surface area (Å²) in [6, 6.07) is 24.0. The lowest BCUT2D eigenvalue weighted by Crippen LogP contribution is -1.85. The van der Waals surface area contributed by atoms with Gasteiger partial charge in [-0.2, -0.15) is 0 Å². The summed E-state index contributed by atoms with van der Waals surface area (Å²) in [4.78, 5) is 4.35. The first-order chi connectivity index (χ1) is 10.9. The molecule has 2 aromatic carbocycles. The van der Waals surface area contributed by atoms with Gasteiger partial charge in [0.1, 0.15) is 17.0 Å². The quantitative estimate of drug-likeness (QED) is 0.526. The van der Waals surface area contributed by atoms with Gasteiger partial charge < -0.3 is 9.15 Å². The number of hydrogen-bond donors (Lipinski definition) is 0. The third-order valence-electron chi connectivity index (χ3n) is 3.35. The zero-order chi connectivity index (χ0) is 14.8. The van der Waals surface area contributed by atoms with E-state index in [1.807, 2.05) is 60.7 Å². The van der Waals surface area contributed by atoms with Crippen molar-refractivity contribution < 1.29 is 9.15 Å². The molecule has 0 spiro atoms. The molecule has 3 nitrogen and oxygen atoms in total. The van der Waals surface area contributed by atoms with Gasteiger partial charge in [-0.1, -0.05) is 42.5 Å². The number of nitrogens with zero attached hydrogens (tertiary/aromatic N) is 1. The Morgan fingerprint density at radius 1 is 0.955 bits per heavy atom. The van der Waals surface area contributed by atoms with E-state index >= 15 is 0 Å². The van der Waals surface area contributed by atoms with E-state index in [-0.39, 0.29) is 0 Å². The van der Waals surface area contributed by atoms with Crippen LogP contribution in [0.5, 0.6) is 11.5 Å². The van der Waals surface area contributed by atoms with Crippen LogP contribution in [0, 0.1) is 6.07 Å². The Morgan fingerprint density at radius 3 is 2.59 bits per heavy atom. The normalized spacial score (nSPS) is 10.7. The molecule has 0 unspecified atom stereocenters. The van der Waals surface area contributed by atoms with Crippen LogP contribution in [-0.2, 0) is 0 Å². The number of fused-ring (bicyclic) bond motifs is 1. The fourth-order valence-electron chi connectivity index (χ4n) is 2.31. The third kappa shape index (κ3) is 2.33. The first-order valence-electron chi connectivity index (χ1n) is 6.98. The maximum atomic E-state index is 5.96. The Balaban J connectivity index is 1.78. The summed E-state index contributed by atoms with van der Waals surface area (Å²) in [5, 5.41) is 0. The minimum absolute atomic E-state index is 0.647. The van der Waals surface area contributed by atoms with Crippen LogP contribution in [0.2, 0.25) is 0 Å². The Hall–Kier alpha value is -3.07. The van der Waals surface area contributed by atoms with E-state index in [9.17, 15) is 0 Å². The van der Waals surface area contributed by atoms with Crippen LogP contribution in [0.15, 0.2) is 77.3 Å². The Kier molecular flexibility index (Phi) is 3.09. The maximum Gasteiger partial charge on any atom is 0.195 e. The standard InChI is InChI=1S/C19H12NO2/c1-3-7-14(8-4-1)18-13-16-19(22-18)17(11-12-20-16)21-15-9-5-2-6-10-15/h1,3-13H. The Labute approximate surface area is 127 Å². The van der Waals surface area contributed by atoms with Gasteiger partial charge in [0.2, 0.25) is 0 Å². The van der Waals surface area contributed by atoms with Gasteiger partial charge in [0.25, 0.3) is 0 Å². The van der Waals surface area contributed by atoms with Crippen LogP contribution in [0.25, 0.3) is 22.4 Å². The highest BCUT2D eigenvalue weighted by molar-refractivity contribution is 5.84. The lowest BCUT2D eigenvalue weighted by Gasteiger charge is -2.04. The molecule has 0 amide bonds. The van der Waals surface area contributed by atoms with Crippen LogP contribution >= 0.6 is 0 Å². The SMILES string of the molecule is [c]1ccc(Oc2ccnc3cc(-c4ccccc4)oc23)cc1. The predicted molar refractivity (Wildman–Crippen MR) is 84.8 cm³/mol. The first kappa shape index (κ1) is 12.7. The van der Waals surface area contributed by atoms with Crippen molar-refractivity contribution in [3.8, 4) is 22.8 Å². The van der Waals surface area contributed by atoms with Gasteiger partial charge in [0, 0.05) is 23.9 Å². The van der Waals surface area contributed by atoms with E-state index in [0.717, 1.165) is 22.6 Å². The predicted octanol–water partition coefficient (Wildman–Crippen LogP) is 5.09. The smallest absolute Gasteiger partial charge is 0.195 e. The fourth-order valence-corrected chi connectivity index (χ4v) is 2.31. The summed E-state index contributed by atoms with van der Waals surface area (Å²) in [5.74, 6) is 2.17. The zero-order valence-electron chi connectivity index (χ0n) is 11.7. The minimum Gasteiger partial charge on any atom is -0.453 e. The van der Waals surface area contributed by atoms with Crippen molar-refractivity contribution in [1.82, 2.24) is 4.98 Å². The number of furan rings is 1. The van der Waals surface area contributed by atoms with Gasteiger partial charge >= 0.3 is 0 Å². The minimum atomic E-state index is 0.647. The molecule has 1 radical (unpaired) electrons. The Morgan fingerprint density at radius 2 is 1.77 bits per heavy atom. The monoisotopic (exact) mass is 286 g/mol. The molecule has 0 N–H and O–H groups in total. The molecule has 4 aromatic rings. The molecule has 0 fully saturated rings. The van der Waals surface area contributed by atoms with Gasteiger partial charge in [0.05, 0.1) is 0 Å². The molecule has 0 aliphatic heterocycles. The number of rotatable bonds is 3. The fraction of sp³-hybridized carbons (Fsp3) is 0. The summed E-state index contributed by atoms with van der Waals surface area (Å²) in [6.45, 7) is 0. The second-order valence-electron chi connectivity index (χ2n) is 4.84. The summed E-state index contributed by atoms with van der Waals surface area (Å²) < 4.78 is 11.8. The average molecular weight is 286 g/mol. The molecule has 2 aromatic heterocycles. The van der Waals surface area contributed by atoms with Gasteiger partial charge in [-0.15, -0.1) is 0 Å². The second-order valence-corrected chi connectivity index (χ2v) is 4.84. The molecule has 22 heavy (non-hydrogen) atoms. The van der Waals surface area contributed by atoms with Crippen LogP contribution in [-0.4, -0.2) is 4.98 Å². The van der Waals surface area contributed by atoms with Crippen molar-refractivity contribution in [1.29, 1.82) is 0 Å². The van der Waals surface area contributed by atoms with E-state index in [0.29, 0.717) is 11.3 Å². The summed E-state index contributed by atoms with van der Waals surface area (Å²) in [7, 11) is 0. The van der Waals surface area contributed by atoms with E-state index < -0.39 is 0 Å². The van der Waals surface area contributed by atoms with E-state index in [1.54, 1.807) is 12.3 Å². The van der Waals surface area contributed by atoms with Crippen LogP contribution in [0.4, 0.5) is 0 Å². The average Bonchev–Trinajstić information content (AvgIpc) is 3.02. The molecule has 0 saturated carbocycles. The molecular formula is C19H12NO2. The molecule has 105 valence electrons. The molecule has 2 heterocycles. The highest BCUT2D eigenvalue weighted by Gasteiger charge is 2.12. The topological polar surface area (TPSA) is 35.3 Å². The number of ether oxygens (including phenoxy) is 1. The number of aromatic nitrogens is 1. The molecular weight excluding hydrogens is 274 g/mol. The van der Waals surface area contributed by atoms with Crippen LogP contribution in [0.1, 0.15) is 0 Å². The van der Waals surface area contributed by atoms with Crippen molar-refractivity contribution in [2.75, 3.05) is 0 Å². The van der Waals surface area contributed by atoms with Crippen molar-refractivity contribution in [3.05, 3.63) is 79.0 Å². The maximum absolute atomic E-state index is 5.96. The highest BCUT2D eigenvalue weighted by Crippen LogP contribution is 2.34. The van der Waals surface area contributed by atoms with E-state index in [2.05, 4.69) is 11.1 Å². The molecule has 3 heteroatoms. The molecule has 0 aliphatic carbocycles. The molecule has 4 rings (SSSR count). The zero-order valence-corrected chi connectivity index (χ0v) is 11.7. The summed E-state index contributed by atoms with van der Waals surface area (Å²) in [6.07, 6.45) is 1.72. The van der Waals surface area contributed by atoms with E-state index in [4.69, 9.17) is 9.15 Å². The lowest BCUT2D eigenvalue weighted by atomic mass is 10.2. The van der Waals surface area contributed by atoms with Gasteiger partial charge in [-0.25, -0.2) is 0 Å². The second kappa shape index (κ2) is 5.37. The van der Waals surface area contributed by atoms with Crippen LogP contribution in [0.3, 0.4) is 0 Å². The molecule has 0 aliphatic rings. The molecule has 0 atom stereocenters. The van der Waals surface area contributed by atoms with Crippen molar-refractivity contribution in [2.45, 2.75) is 0 Å². The summed E-state index contributed by atoms with van der Waals surface area (Å²) >= 11 is 0. The van der Waals surface area contributed by atoms with Gasteiger partial charge in [-0.05, 0) is 18.2 Å². The van der Waals surface area contributed by atoms with E-state index in [1.165, 1.54) is 0 Å². The lowest BCUT2D eigenvalue weighted by molar-refractivity contribution is 0.473. The molecule has 0 bridgehead atoms. The van der Waals surface area contributed by atoms with Gasteiger partial charge in [0.15, 0.2) is 11.3 Å². The third-order valence-corrected chi connectivity index (χ3v) is 3.35. The van der Waals surface area contributed by atoms with Crippen molar-refractivity contribution in [2.24, 2.45) is 0 Å². The largest absolute Gasteiger partial charge is 0.453 e. The number of pyridine rings is 1. The summed E-state index contributed by atoms with van der Waals surface area (Å²) in [5.41, 5.74) is 2.44. The van der Waals surface area contributed by atoms with Crippen LogP contribution < -0.4 is 4.74 Å². The highest BCUT2D eigenvalue weighted by atomic mass is 16.5. The van der Waals surface area contributed by atoms with Gasteiger partial charge in [-0.3, -0.25) is 4.98 Å². The van der Waals surface area contributed by atoms with Crippen molar-refractivity contribution in [3.63, 3.8) is 0 Å². The Bertz CT molecular complexity index is 899. The van der Waals surface area contributed by atoms with Crippen molar-refractivity contribution >= 4 is 11.1 Å². The number of hydrogen-bond acceptors (Lipinski definition) is 3. The first-order valence-corrected chi connectivity index (χ1v) is 6.98. The molecule has 0 saturated heterocycles.